The fourth-order valence-corrected chi connectivity index (χ4v) is 2.04. The van der Waals surface area contributed by atoms with Gasteiger partial charge in [0.15, 0.2) is 0 Å². The van der Waals surface area contributed by atoms with Crippen molar-refractivity contribution in [1.82, 2.24) is 15.3 Å². The summed E-state index contributed by atoms with van der Waals surface area (Å²) in [5.74, 6) is 1.59. The molecular weight excluding hydrogens is 238 g/mol. The van der Waals surface area contributed by atoms with Crippen LogP contribution in [0.2, 0.25) is 0 Å². The molecular formula is C15H27N3O. The Kier molecular flexibility index (Phi) is 6.95. The molecule has 1 aromatic heterocycles. The van der Waals surface area contributed by atoms with E-state index < -0.39 is 0 Å². The second-order valence-corrected chi connectivity index (χ2v) is 5.41. The molecule has 0 bridgehead atoms. The van der Waals surface area contributed by atoms with Gasteiger partial charge in [-0.2, -0.15) is 0 Å². The summed E-state index contributed by atoms with van der Waals surface area (Å²) < 4.78 is 5.06. The second kappa shape index (κ2) is 8.23. The third-order valence-corrected chi connectivity index (χ3v) is 3.07. The number of hydrogen-bond donors (Lipinski definition) is 1. The minimum atomic E-state index is 0.662. The predicted octanol–water partition coefficient (Wildman–Crippen LogP) is 2.42. The van der Waals surface area contributed by atoms with Crippen LogP contribution in [0.5, 0.6) is 0 Å². The summed E-state index contributed by atoms with van der Waals surface area (Å²) in [4.78, 5) is 9.19. The third-order valence-electron chi connectivity index (χ3n) is 3.07. The van der Waals surface area contributed by atoms with Crippen molar-refractivity contribution in [2.24, 2.45) is 5.92 Å². The van der Waals surface area contributed by atoms with E-state index >= 15 is 0 Å². The lowest BCUT2D eigenvalue weighted by Crippen LogP contribution is -2.21. The number of nitrogens with zero attached hydrogens (tertiary/aromatic N) is 2. The van der Waals surface area contributed by atoms with E-state index in [2.05, 4.69) is 43.0 Å². The van der Waals surface area contributed by atoms with Gasteiger partial charge in [0.05, 0.1) is 0 Å². The topological polar surface area (TPSA) is 47.0 Å². The van der Waals surface area contributed by atoms with E-state index in [9.17, 15) is 0 Å². The highest BCUT2D eigenvalue weighted by atomic mass is 16.5. The van der Waals surface area contributed by atoms with Crippen LogP contribution < -0.4 is 5.32 Å². The molecule has 0 saturated heterocycles. The first-order valence-corrected chi connectivity index (χ1v) is 7.07. The lowest BCUT2D eigenvalue weighted by atomic mass is 10.1. The van der Waals surface area contributed by atoms with E-state index in [0.717, 1.165) is 49.8 Å². The van der Waals surface area contributed by atoms with Gasteiger partial charge in [-0.3, -0.25) is 0 Å². The molecule has 0 aliphatic heterocycles. The summed E-state index contributed by atoms with van der Waals surface area (Å²) in [6.45, 7) is 11.2. The minimum Gasteiger partial charge on any atom is -0.385 e. The predicted molar refractivity (Wildman–Crippen MR) is 78.2 cm³/mol. The Morgan fingerprint density at radius 3 is 2.32 bits per heavy atom. The van der Waals surface area contributed by atoms with Gasteiger partial charge < -0.3 is 10.1 Å². The molecule has 19 heavy (non-hydrogen) atoms. The molecule has 0 amide bonds. The molecule has 0 aromatic carbocycles. The van der Waals surface area contributed by atoms with Gasteiger partial charge in [-0.05, 0) is 32.7 Å². The molecule has 4 nitrogen and oxygen atoms in total. The molecule has 0 atom stereocenters. The van der Waals surface area contributed by atoms with Gasteiger partial charge in [-0.1, -0.05) is 13.8 Å². The Balaban J connectivity index is 2.63. The summed E-state index contributed by atoms with van der Waals surface area (Å²) in [7, 11) is 1.72. The maximum atomic E-state index is 5.06. The highest BCUT2D eigenvalue weighted by Gasteiger charge is 2.08. The smallest absolute Gasteiger partial charge is 0.128 e. The monoisotopic (exact) mass is 265 g/mol. The SMILES string of the molecule is COCCCc1nc(C)c(CNCC(C)C)c(C)n1. The minimum absolute atomic E-state index is 0.662. The Morgan fingerprint density at radius 1 is 1.16 bits per heavy atom. The van der Waals surface area contributed by atoms with Crippen molar-refractivity contribution in [3.05, 3.63) is 22.8 Å². The lowest BCUT2D eigenvalue weighted by molar-refractivity contribution is 0.194. The van der Waals surface area contributed by atoms with E-state index in [1.165, 1.54) is 5.56 Å². The number of methoxy groups -OCH3 is 1. The summed E-state index contributed by atoms with van der Waals surface area (Å²) >= 11 is 0. The van der Waals surface area contributed by atoms with Crippen molar-refractivity contribution in [2.45, 2.75) is 47.1 Å². The molecule has 0 spiro atoms. The number of aromatic nitrogens is 2. The van der Waals surface area contributed by atoms with Gasteiger partial charge in [0, 0.05) is 43.6 Å². The molecule has 4 heteroatoms. The largest absolute Gasteiger partial charge is 0.385 e. The van der Waals surface area contributed by atoms with Crippen LogP contribution in [0.1, 0.15) is 43.0 Å². The van der Waals surface area contributed by atoms with Crippen molar-refractivity contribution in [2.75, 3.05) is 20.3 Å². The highest BCUT2D eigenvalue weighted by Crippen LogP contribution is 2.11. The van der Waals surface area contributed by atoms with Crippen LogP contribution in [0.4, 0.5) is 0 Å². The molecule has 0 aliphatic rings. The highest BCUT2D eigenvalue weighted by molar-refractivity contribution is 5.24. The van der Waals surface area contributed by atoms with Crippen LogP contribution in [0.25, 0.3) is 0 Å². The number of aryl methyl sites for hydroxylation is 3. The fraction of sp³-hybridized carbons (Fsp3) is 0.733. The molecule has 0 fully saturated rings. The number of rotatable bonds is 8. The summed E-state index contributed by atoms with van der Waals surface area (Å²) in [6, 6.07) is 0. The van der Waals surface area contributed by atoms with Crippen molar-refractivity contribution in [3.63, 3.8) is 0 Å². The number of ether oxygens (including phenoxy) is 1. The Hall–Kier alpha value is -1.00. The normalized spacial score (nSPS) is 11.3. The van der Waals surface area contributed by atoms with Crippen LogP contribution in [0, 0.1) is 19.8 Å². The average molecular weight is 265 g/mol. The van der Waals surface area contributed by atoms with Gasteiger partial charge in [-0.25, -0.2) is 9.97 Å². The molecule has 0 unspecified atom stereocenters. The van der Waals surface area contributed by atoms with E-state index in [-0.39, 0.29) is 0 Å². The molecule has 1 rings (SSSR count). The van der Waals surface area contributed by atoms with E-state index in [1.807, 2.05) is 0 Å². The zero-order valence-electron chi connectivity index (χ0n) is 12.9. The van der Waals surface area contributed by atoms with Crippen molar-refractivity contribution in [1.29, 1.82) is 0 Å². The molecule has 1 aromatic rings. The second-order valence-electron chi connectivity index (χ2n) is 5.41. The third kappa shape index (κ3) is 5.66. The Bertz CT molecular complexity index is 368. The van der Waals surface area contributed by atoms with Crippen LogP contribution >= 0.6 is 0 Å². The van der Waals surface area contributed by atoms with Crippen LogP contribution in [0.15, 0.2) is 0 Å². The Labute approximate surface area is 117 Å². The summed E-state index contributed by atoms with van der Waals surface area (Å²) in [5.41, 5.74) is 3.42. The summed E-state index contributed by atoms with van der Waals surface area (Å²) in [5, 5.41) is 3.45. The van der Waals surface area contributed by atoms with Crippen molar-refractivity contribution in [3.8, 4) is 0 Å². The standard InChI is InChI=1S/C15H27N3O/c1-11(2)9-16-10-14-12(3)17-15(18-13(14)4)7-6-8-19-5/h11,16H,6-10H2,1-5H3. The van der Waals surface area contributed by atoms with Gasteiger partial charge in [0.1, 0.15) is 5.82 Å². The van der Waals surface area contributed by atoms with Gasteiger partial charge in [-0.15, -0.1) is 0 Å². The van der Waals surface area contributed by atoms with E-state index in [0.29, 0.717) is 5.92 Å². The van der Waals surface area contributed by atoms with Gasteiger partial charge in [0.25, 0.3) is 0 Å². The van der Waals surface area contributed by atoms with E-state index in [1.54, 1.807) is 7.11 Å². The maximum absolute atomic E-state index is 5.06. The first kappa shape index (κ1) is 16.1. The van der Waals surface area contributed by atoms with Crippen LogP contribution in [-0.2, 0) is 17.7 Å². The quantitative estimate of drug-likeness (QED) is 0.733. The molecule has 0 saturated carbocycles. The average Bonchev–Trinajstić information content (AvgIpc) is 2.32. The molecule has 1 heterocycles. The molecule has 0 radical (unpaired) electrons. The Morgan fingerprint density at radius 2 is 1.79 bits per heavy atom. The fourth-order valence-electron chi connectivity index (χ4n) is 2.04. The van der Waals surface area contributed by atoms with Gasteiger partial charge >= 0.3 is 0 Å². The maximum Gasteiger partial charge on any atom is 0.128 e. The lowest BCUT2D eigenvalue weighted by Gasteiger charge is -2.13. The van der Waals surface area contributed by atoms with Crippen LogP contribution in [0.3, 0.4) is 0 Å². The van der Waals surface area contributed by atoms with E-state index in [4.69, 9.17) is 4.74 Å². The zero-order chi connectivity index (χ0) is 14.3. The van der Waals surface area contributed by atoms with Crippen molar-refractivity contribution < 1.29 is 4.74 Å². The van der Waals surface area contributed by atoms with Gasteiger partial charge in [0.2, 0.25) is 0 Å². The first-order valence-electron chi connectivity index (χ1n) is 7.07. The van der Waals surface area contributed by atoms with Crippen LogP contribution in [-0.4, -0.2) is 30.2 Å². The van der Waals surface area contributed by atoms with Crippen molar-refractivity contribution >= 4 is 0 Å². The molecule has 108 valence electrons. The first-order chi connectivity index (χ1) is 9.04. The number of nitrogens with one attached hydrogen (secondary N) is 1. The number of hydrogen-bond acceptors (Lipinski definition) is 4. The molecule has 0 aliphatic carbocycles. The molecule has 1 N–H and O–H groups in total. The summed E-state index contributed by atoms with van der Waals surface area (Å²) in [6.07, 6.45) is 1.86. The zero-order valence-corrected chi connectivity index (χ0v) is 12.9.